The van der Waals surface area contributed by atoms with Crippen LogP contribution in [0.3, 0.4) is 0 Å². The number of nitrogens with one attached hydrogen (secondary N) is 1. The van der Waals surface area contributed by atoms with Gasteiger partial charge in [-0.05, 0) is 24.6 Å². The monoisotopic (exact) mass is 343 g/mol. The van der Waals surface area contributed by atoms with E-state index in [9.17, 15) is 22.8 Å². The van der Waals surface area contributed by atoms with Crippen LogP contribution >= 0.6 is 0 Å². The van der Waals surface area contributed by atoms with Crippen molar-refractivity contribution in [1.29, 1.82) is 0 Å². The molecule has 1 saturated heterocycles. The first-order chi connectivity index (χ1) is 11.3. The van der Waals surface area contributed by atoms with E-state index in [-0.39, 0.29) is 24.0 Å². The molecule has 1 heterocycles. The Morgan fingerprint density at radius 1 is 1.12 bits per heavy atom. The molecule has 0 bridgehead atoms. The molecule has 132 valence electrons. The van der Waals surface area contributed by atoms with Gasteiger partial charge in [-0.2, -0.15) is 13.2 Å². The predicted molar refractivity (Wildman–Crippen MR) is 83.4 cm³/mol. The molecular weight excluding hydrogens is 323 g/mol. The Hall–Kier alpha value is -2.25. The van der Waals surface area contributed by atoms with E-state index in [1.54, 1.807) is 9.80 Å². The molecule has 8 heteroatoms. The molecule has 1 fully saturated rings. The molecule has 0 unspecified atom stereocenters. The largest absolute Gasteiger partial charge is 0.416 e. The molecule has 0 saturated carbocycles. The van der Waals surface area contributed by atoms with Crippen LogP contribution in [0, 0.1) is 0 Å². The lowest BCUT2D eigenvalue weighted by Crippen LogP contribution is -2.39. The number of alkyl halides is 3. The van der Waals surface area contributed by atoms with Gasteiger partial charge in [0.1, 0.15) is 0 Å². The number of rotatable bonds is 3. The maximum atomic E-state index is 12.7. The van der Waals surface area contributed by atoms with Crippen molar-refractivity contribution in [1.82, 2.24) is 9.80 Å². The molecule has 1 aliphatic rings. The van der Waals surface area contributed by atoms with Gasteiger partial charge in [0.25, 0.3) is 0 Å². The third kappa shape index (κ3) is 4.87. The zero-order valence-electron chi connectivity index (χ0n) is 13.4. The van der Waals surface area contributed by atoms with Crippen molar-refractivity contribution in [2.24, 2.45) is 0 Å². The summed E-state index contributed by atoms with van der Waals surface area (Å²) in [6, 6.07) is 4.75. The number of anilines is 1. The minimum Gasteiger partial charge on any atom is -0.376 e. The summed E-state index contributed by atoms with van der Waals surface area (Å²) in [6.07, 6.45) is -3.72. The van der Waals surface area contributed by atoms with Crippen LogP contribution in [-0.2, 0) is 15.8 Å². The van der Waals surface area contributed by atoms with Crippen LogP contribution in [0.4, 0.5) is 18.9 Å². The number of halogens is 3. The Bertz CT molecular complexity index is 604. The minimum absolute atomic E-state index is 0.0219. The highest BCUT2D eigenvalue weighted by molar-refractivity contribution is 5.81. The molecule has 1 N–H and O–H groups in total. The van der Waals surface area contributed by atoms with Gasteiger partial charge in [-0.3, -0.25) is 9.59 Å². The molecule has 0 radical (unpaired) electrons. The summed E-state index contributed by atoms with van der Waals surface area (Å²) < 4.78 is 38.0. The first-order valence-electron chi connectivity index (χ1n) is 7.72. The fourth-order valence-electron chi connectivity index (χ4n) is 2.58. The van der Waals surface area contributed by atoms with E-state index in [1.165, 1.54) is 19.1 Å². The molecule has 1 aromatic carbocycles. The highest BCUT2D eigenvalue weighted by Crippen LogP contribution is 2.30. The highest BCUT2D eigenvalue weighted by Gasteiger charge is 2.30. The average Bonchev–Trinajstić information content (AvgIpc) is 2.78. The van der Waals surface area contributed by atoms with E-state index in [2.05, 4.69) is 5.32 Å². The number of nitrogens with zero attached hydrogens (tertiary/aromatic N) is 2. The van der Waals surface area contributed by atoms with Gasteiger partial charge < -0.3 is 15.1 Å². The number of carbonyl (C=O) groups excluding carboxylic acids is 2. The van der Waals surface area contributed by atoms with Gasteiger partial charge >= 0.3 is 6.18 Å². The second kappa shape index (κ2) is 7.55. The van der Waals surface area contributed by atoms with Gasteiger partial charge in [0.05, 0.1) is 12.1 Å². The van der Waals surface area contributed by atoms with Crippen molar-refractivity contribution in [3.05, 3.63) is 29.8 Å². The smallest absolute Gasteiger partial charge is 0.376 e. The van der Waals surface area contributed by atoms with Crippen molar-refractivity contribution < 1.29 is 22.8 Å². The van der Waals surface area contributed by atoms with Gasteiger partial charge in [0.15, 0.2) is 0 Å². The molecule has 0 atom stereocenters. The third-order valence-electron chi connectivity index (χ3n) is 3.93. The van der Waals surface area contributed by atoms with Gasteiger partial charge in [-0.25, -0.2) is 0 Å². The van der Waals surface area contributed by atoms with Gasteiger partial charge in [-0.1, -0.05) is 6.07 Å². The molecular formula is C16H20F3N3O2. The van der Waals surface area contributed by atoms with Crippen LogP contribution in [0.15, 0.2) is 24.3 Å². The zero-order valence-corrected chi connectivity index (χ0v) is 13.4. The Morgan fingerprint density at radius 2 is 1.79 bits per heavy atom. The van der Waals surface area contributed by atoms with Crippen molar-refractivity contribution in [3.63, 3.8) is 0 Å². The summed E-state index contributed by atoms with van der Waals surface area (Å²) >= 11 is 0. The van der Waals surface area contributed by atoms with Crippen LogP contribution in [0.5, 0.6) is 0 Å². The van der Waals surface area contributed by atoms with E-state index in [0.29, 0.717) is 32.6 Å². The Morgan fingerprint density at radius 3 is 2.46 bits per heavy atom. The molecule has 0 spiro atoms. The zero-order chi connectivity index (χ0) is 17.7. The topological polar surface area (TPSA) is 52.7 Å². The number of hydrogen-bond acceptors (Lipinski definition) is 3. The molecule has 24 heavy (non-hydrogen) atoms. The summed E-state index contributed by atoms with van der Waals surface area (Å²) in [5.74, 6) is -0.218. The summed E-state index contributed by atoms with van der Waals surface area (Å²) in [7, 11) is 0. The molecule has 1 aliphatic heterocycles. The van der Waals surface area contributed by atoms with Crippen LogP contribution in [0.1, 0.15) is 18.9 Å². The third-order valence-corrected chi connectivity index (χ3v) is 3.93. The molecule has 0 aromatic heterocycles. The Balaban J connectivity index is 1.90. The normalized spacial score (nSPS) is 15.8. The summed E-state index contributed by atoms with van der Waals surface area (Å²) in [5.41, 5.74) is -0.509. The summed E-state index contributed by atoms with van der Waals surface area (Å²) in [4.78, 5) is 26.9. The maximum absolute atomic E-state index is 12.7. The molecule has 2 rings (SSSR count). The van der Waals surface area contributed by atoms with Crippen molar-refractivity contribution >= 4 is 17.5 Å². The van der Waals surface area contributed by atoms with E-state index < -0.39 is 11.7 Å². The van der Waals surface area contributed by atoms with Gasteiger partial charge in [-0.15, -0.1) is 0 Å². The fraction of sp³-hybridized carbons (Fsp3) is 0.500. The van der Waals surface area contributed by atoms with E-state index in [1.807, 2.05) is 0 Å². The van der Waals surface area contributed by atoms with Crippen LogP contribution in [0.2, 0.25) is 0 Å². The molecule has 0 aliphatic carbocycles. The standard InChI is InChI=1S/C16H20F3N3O2/c1-12(23)21-6-3-7-22(9-8-21)15(24)11-20-14-5-2-4-13(10-14)16(17,18)19/h2,4-5,10,20H,3,6-9,11H2,1H3. The summed E-state index contributed by atoms with van der Waals surface area (Å²) in [6.45, 7) is 3.47. The number of hydrogen-bond donors (Lipinski definition) is 1. The Kier molecular flexibility index (Phi) is 5.69. The van der Waals surface area contributed by atoms with Gasteiger partial charge in [0, 0.05) is 38.8 Å². The van der Waals surface area contributed by atoms with Crippen LogP contribution in [-0.4, -0.2) is 54.3 Å². The minimum atomic E-state index is -4.41. The maximum Gasteiger partial charge on any atom is 0.416 e. The lowest BCUT2D eigenvalue weighted by atomic mass is 10.2. The van der Waals surface area contributed by atoms with Crippen molar-refractivity contribution in [3.8, 4) is 0 Å². The van der Waals surface area contributed by atoms with E-state index in [4.69, 9.17) is 0 Å². The molecule has 2 amide bonds. The van der Waals surface area contributed by atoms with Crippen molar-refractivity contribution in [2.75, 3.05) is 38.0 Å². The second-order valence-corrected chi connectivity index (χ2v) is 5.67. The highest BCUT2D eigenvalue weighted by atomic mass is 19.4. The second-order valence-electron chi connectivity index (χ2n) is 5.67. The quantitative estimate of drug-likeness (QED) is 0.915. The number of amides is 2. The van der Waals surface area contributed by atoms with Gasteiger partial charge in [0.2, 0.25) is 11.8 Å². The van der Waals surface area contributed by atoms with E-state index in [0.717, 1.165) is 12.1 Å². The van der Waals surface area contributed by atoms with E-state index >= 15 is 0 Å². The first kappa shape index (κ1) is 18.1. The average molecular weight is 343 g/mol. The first-order valence-corrected chi connectivity index (χ1v) is 7.72. The number of benzene rings is 1. The lowest BCUT2D eigenvalue weighted by Gasteiger charge is -2.22. The molecule has 5 nitrogen and oxygen atoms in total. The number of carbonyl (C=O) groups is 2. The Labute approximate surface area is 138 Å². The van der Waals surface area contributed by atoms with Crippen LogP contribution < -0.4 is 5.32 Å². The lowest BCUT2D eigenvalue weighted by molar-refractivity contribution is -0.137. The molecule has 1 aromatic rings. The SMILES string of the molecule is CC(=O)N1CCCN(C(=O)CNc2cccc(C(F)(F)F)c2)CC1. The van der Waals surface area contributed by atoms with Crippen molar-refractivity contribution in [2.45, 2.75) is 19.5 Å². The summed E-state index contributed by atoms with van der Waals surface area (Å²) in [5, 5.41) is 2.74. The van der Waals surface area contributed by atoms with Crippen LogP contribution in [0.25, 0.3) is 0 Å². The fourth-order valence-corrected chi connectivity index (χ4v) is 2.58. The predicted octanol–water partition coefficient (Wildman–Crippen LogP) is 2.20.